The van der Waals surface area contributed by atoms with Crippen molar-refractivity contribution >= 4 is 0 Å². The van der Waals surface area contributed by atoms with Gasteiger partial charge in [0, 0.05) is 5.56 Å². The summed E-state index contributed by atoms with van der Waals surface area (Å²) in [6.07, 6.45) is 3.37. The molecule has 2 heteroatoms. The zero-order valence-electron chi connectivity index (χ0n) is 12.4. The van der Waals surface area contributed by atoms with E-state index in [1.54, 1.807) is 0 Å². The van der Waals surface area contributed by atoms with Gasteiger partial charge >= 0.3 is 0 Å². The van der Waals surface area contributed by atoms with E-state index in [0.717, 1.165) is 29.7 Å². The molecule has 1 fully saturated rings. The van der Waals surface area contributed by atoms with Crippen LogP contribution in [0.5, 0.6) is 11.5 Å². The van der Waals surface area contributed by atoms with Crippen LogP contribution in [0.4, 0.5) is 0 Å². The molecule has 1 heterocycles. The van der Waals surface area contributed by atoms with Gasteiger partial charge in [0.2, 0.25) is 0 Å². The Kier molecular flexibility index (Phi) is 2.81. The quantitative estimate of drug-likeness (QED) is 0.811. The number of aromatic hydroxyl groups is 1. The molecule has 1 aliphatic heterocycles. The highest BCUT2D eigenvalue weighted by molar-refractivity contribution is 5.51. The summed E-state index contributed by atoms with van der Waals surface area (Å²) in [7, 11) is 0. The first kappa shape index (κ1) is 12.8. The highest BCUT2D eigenvalue weighted by atomic mass is 16.5. The largest absolute Gasteiger partial charge is 0.508 e. The van der Waals surface area contributed by atoms with Crippen molar-refractivity contribution in [2.75, 3.05) is 0 Å². The first-order valence-electron chi connectivity index (χ1n) is 7.42. The van der Waals surface area contributed by atoms with Crippen molar-refractivity contribution in [3.8, 4) is 11.5 Å². The number of aryl methyl sites for hydroxylation is 1. The van der Waals surface area contributed by atoms with Crippen LogP contribution in [0.15, 0.2) is 12.1 Å². The van der Waals surface area contributed by atoms with Crippen LogP contribution >= 0.6 is 0 Å². The predicted octanol–water partition coefficient (Wildman–Crippen LogP) is 4.39. The van der Waals surface area contributed by atoms with E-state index in [2.05, 4.69) is 26.8 Å². The first-order valence-corrected chi connectivity index (χ1v) is 7.42. The van der Waals surface area contributed by atoms with E-state index in [1.165, 1.54) is 6.42 Å². The van der Waals surface area contributed by atoms with E-state index in [9.17, 15) is 5.11 Å². The lowest BCUT2D eigenvalue weighted by Gasteiger charge is -2.49. The van der Waals surface area contributed by atoms with Gasteiger partial charge in [0.1, 0.15) is 17.1 Å². The molecule has 1 aromatic rings. The molecule has 0 aromatic heterocycles. The van der Waals surface area contributed by atoms with Crippen molar-refractivity contribution in [1.82, 2.24) is 0 Å². The summed E-state index contributed by atoms with van der Waals surface area (Å²) in [6.45, 7) is 8.83. The molecule has 1 N–H and O–H groups in total. The molecule has 1 saturated carbocycles. The lowest BCUT2D eigenvalue weighted by atomic mass is 9.64. The average molecular weight is 260 g/mol. The van der Waals surface area contributed by atoms with E-state index < -0.39 is 0 Å². The lowest BCUT2D eigenvalue weighted by Crippen LogP contribution is -2.45. The van der Waals surface area contributed by atoms with Crippen molar-refractivity contribution in [2.45, 2.75) is 58.5 Å². The molecule has 1 aliphatic carbocycles. The fourth-order valence-corrected chi connectivity index (χ4v) is 4.07. The van der Waals surface area contributed by atoms with E-state index in [4.69, 9.17) is 4.74 Å². The number of phenolic OH excluding ortho intramolecular Hbond substituents is 1. The van der Waals surface area contributed by atoms with Crippen LogP contribution in [0.25, 0.3) is 0 Å². The average Bonchev–Trinajstić information content (AvgIpc) is 2.25. The maximum Gasteiger partial charge on any atom is 0.127 e. The zero-order valence-corrected chi connectivity index (χ0v) is 12.4. The van der Waals surface area contributed by atoms with E-state index in [0.29, 0.717) is 23.5 Å². The summed E-state index contributed by atoms with van der Waals surface area (Å²) in [6, 6.07) is 3.96. The Morgan fingerprint density at radius 1 is 1.37 bits per heavy atom. The van der Waals surface area contributed by atoms with Crippen LogP contribution < -0.4 is 4.74 Å². The van der Waals surface area contributed by atoms with Crippen molar-refractivity contribution in [2.24, 2.45) is 11.8 Å². The van der Waals surface area contributed by atoms with Crippen LogP contribution in [0, 0.1) is 18.8 Å². The van der Waals surface area contributed by atoms with E-state index >= 15 is 0 Å². The van der Waals surface area contributed by atoms with Crippen LogP contribution in [0.1, 0.15) is 57.1 Å². The van der Waals surface area contributed by atoms with Gasteiger partial charge < -0.3 is 9.84 Å². The number of phenols is 1. The molecular weight excluding hydrogens is 236 g/mol. The Labute approximate surface area is 115 Å². The molecule has 0 radical (unpaired) electrons. The fraction of sp³-hybridized carbons (Fsp3) is 0.647. The zero-order chi connectivity index (χ0) is 13.8. The molecule has 0 spiro atoms. The lowest BCUT2D eigenvalue weighted by molar-refractivity contribution is -0.00863. The highest BCUT2D eigenvalue weighted by Crippen LogP contribution is 2.55. The SMILES string of the molecule is Cc1cc(O)c2c(c1)O[C@@]1(C)CC[C@H](C(C)C)[C@H]2C1. The molecule has 19 heavy (non-hydrogen) atoms. The second-order valence-corrected chi connectivity index (χ2v) is 7.00. The fourth-order valence-electron chi connectivity index (χ4n) is 4.07. The molecule has 1 aromatic carbocycles. The van der Waals surface area contributed by atoms with Gasteiger partial charge in [0.25, 0.3) is 0 Å². The van der Waals surface area contributed by atoms with E-state index in [-0.39, 0.29) is 5.60 Å². The Morgan fingerprint density at radius 2 is 2.11 bits per heavy atom. The maximum atomic E-state index is 10.4. The monoisotopic (exact) mass is 260 g/mol. The number of fused-ring (bicyclic) bond motifs is 4. The van der Waals surface area contributed by atoms with Crippen molar-refractivity contribution in [3.63, 3.8) is 0 Å². The third kappa shape index (κ3) is 2.01. The topological polar surface area (TPSA) is 29.5 Å². The number of ether oxygens (including phenoxy) is 1. The summed E-state index contributed by atoms with van der Waals surface area (Å²) in [5.74, 6) is 3.10. The Morgan fingerprint density at radius 3 is 2.79 bits per heavy atom. The predicted molar refractivity (Wildman–Crippen MR) is 76.8 cm³/mol. The van der Waals surface area contributed by atoms with Crippen molar-refractivity contribution in [3.05, 3.63) is 23.3 Å². The summed E-state index contributed by atoms with van der Waals surface area (Å²) >= 11 is 0. The summed E-state index contributed by atoms with van der Waals surface area (Å²) < 4.78 is 6.22. The van der Waals surface area contributed by atoms with Gasteiger partial charge in [0.15, 0.2) is 0 Å². The summed E-state index contributed by atoms with van der Waals surface area (Å²) in [5.41, 5.74) is 2.09. The standard InChI is InChI=1S/C17H24O2/c1-10(2)12-5-6-17(4)9-13(12)16-14(18)7-11(3)8-15(16)19-17/h7-8,10,12-13,18H,5-6,9H2,1-4H3/t12-,13-,17+/m1/s1. The third-order valence-corrected chi connectivity index (χ3v) is 5.02. The smallest absolute Gasteiger partial charge is 0.127 e. The maximum absolute atomic E-state index is 10.4. The molecule has 0 amide bonds. The molecule has 3 rings (SSSR count). The van der Waals surface area contributed by atoms with Gasteiger partial charge in [0.05, 0.1) is 0 Å². The number of rotatable bonds is 1. The van der Waals surface area contributed by atoms with Gasteiger partial charge in [-0.1, -0.05) is 13.8 Å². The number of hydrogen-bond acceptors (Lipinski definition) is 2. The molecular formula is C17H24O2. The van der Waals surface area contributed by atoms with Gasteiger partial charge in [-0.2, -0.15) is 0 Å². The first-order chi connectivity index (χ1) is 8.89. The molecule has 2 aliphatic rings. The normalized spacial score (nSPS) is 32.9. The van der Waals surface area contributed by atoms with Crippen molar-refractivity contribution < 1.29 is 9.84 Å². The number of benzene rings is 1. The Bertz CT molecular complexity index is 506. The minimum Gasteiger partial charge on any atom is -0.508 e. The Balaban J connectivity index is 2.12. The Hall–Kier alpha value is -1.18. The molecule has 3 atom stereocenters. The molecule has 0 unspecified atom stereocenters. The van der Waals surface area contributed by atoms with Crippen LogP contribution in [0.3, 0.4) is 0 Å². The molecule has 2 nitrogen and oxygen atoms in total. The van der Waals surface area contributed by atoms with Crippen LogP contribution in [0.2, 0.25) is 0 Å². The van der Waals surface area contributed by atoms with Gasteiger partial charge in [-0.3, -0.25) is 0 Å². The summed E-state index contributed by atoms with van der Waals surface area (Å²) in [4.78, 5) is 0. The van der Waals surface area contributed by atoms with Crippen molar-refractivity contribution in [1.29, 1.82) is 0 Å². The molecule has 104 valence electrons. The minimum absolute atomic E-state index is 0.0384. The second kappa shape index (κ2) is 4.16. The number of hydrogen-bond donors (Lipinski definition) is 1. The van der Waals surface area contributed by atoms with Crippen LogP contribution in [-0.2, 0) is 0 Å². The van der Waals surface area contributed by atoms with Gasteiger partial charge in [-0.25, -0.2) is 0 Å². The highest BCUT2D eigenvalue weighted by Gasteiger charge is 2.46. The minimum atomic E-state index is -0.0384. The van der Waals surface area contributed by atoms with E-state index in [1.807, 2.05) is 13.0 Å². The summed E-state index contributed by atoms with van der Waals surface area (Å²) in [5, 5.41) is 10.4. The van der Waals surface area contributed by atoms with Gasteiger partial charge in [-0.15, -0.1) is 0 Å². The second-order valence-electron chi connectivity index (χ2n) is 7.00. The molecule has 2 bridgehead atoms. The van der Waals surface area contributed by atoms with Gasteiger partial charge in [-0.05, 0) is 68.6 Å². The third-order valence-electron chi connectivity index (χ3n) is 5.02. The molecule has 0 saturated heterocycles. The van der Waals surface area contributed by atoms with Crippen LogP contribution in [-0.4, -0.2) is 10.7 Å².